The Kier molecular flexibility index (Phi) is 18.2. The summed E-state index contributed by atoms with van der Waals surface area (Å²) in [4.78, 5) is 0. The Labute approximate surface area is 364 Å². The highest BCUT2D eigenvalue weighted by Crippen LogP contribution is 2.34. The summed E-state index contributed by atoms with van der Waals surface area (Å²) in [5.74, 6) is 0. The first-order valence-electron chi connectivity index (χ1n) is 19.4. The van der Waals surface area contributed by atoms with Gasteiger partial charge in [-0.2, -0.15) is 0 Å². The van der Waals surface area contributed by atoms with Crippen molar-refractivity contribution in [3.8, 4) is 0 Å². The molecule has 59 heavy (non-hydrogen) atoms. The van der Waals surface area contributed by atoms with Gasteiger partial charge >= 0.3 is 0 Å². The average Bonchev–Trinajstić information content (AvgIpc) is 3.34. The molecule has 0 radical (unpaired) electrons. The molecule has 0 unspecified atom stereocenters. The van der Waals surface area contributed by atoms with Crippen molar-refractivity contribution in [2.75, 3.05) is 0 Å². The minimum atomic E-state index is -0.446. The van der Waals surface area contributed by atoms with Crippen molar-refractivity contribution in [1.29, 1.82) is 0 Å². The van der Waals surface area contributed by atoms with Crippen LogP contribution in [0.1, 0.15) is 0 Å². The van der Waals surface area contributed by atoms with E-state index in [-0.39, 0.29) is 0 Å². The highest BCUT2D eigenvalue weighted by atomic mass is 36.5. The van der Waals surface area contributed by atoms with E-state index in [2.05, 4.69) is 295 Å². The fraction of sp³-hybridized carbons (Fsp3) is 0. The first-order chi connectivity index (χ1) is 29.3. The van der Waals surface area contributed by atoms with Crippen molar-refractivity contribution in [1.82, 2.24) is 0 Å². The zero-order chi connectivity index (χ0) is 40.7. The van der Waals surface area contributed by atoms with Gasteiger partial charge in [0.1, 0.15) is 0 Å². The summed E-state index contributed by atoms with van der Waals surface area (Å²) < 4.78 is 0. The van der Waals surface area contributed by atoms with Crippen LogP contribution in [0.3, 0.4) is 0 Å². The standard InChI is InChI=1S/3C18H15P.Cl2/c3*1-4-10-16(11-5-1)19(17-12-6-2-7-13-17)18-14-8-3-9-15-18;1-2/h3*1-15H;. The minimum absolute atomic E-state index is 0.446. The highest BCUT2D eigenvalue weighted by Gasteiger charge is 2.17. The Morgan fingerprint density at radius 1 is 0.153 bits per heavy atom. The molecule has 0 fully saturated rings. The molecule has 0 heterocycles. The largest absolute Gasteiger partial charge is 0.0622 e. The molecule has 9 aromatic carbocycles. The van der Waals surface area contributed by atoms with Crippen molar-refractivity contribution in [3.05, 3.63) is 273 Å². The van der Waals surface area contributed by atoms with Crippen LogP contribution in [0.4, 0.5) is 0 Å². The quantitative estimate of drug-likeness (QED) is 0.127. The number of hydrogen-bond donors (Lipinski definition) is 0. The van der Waals surface area contributed by atoms with Gasteiger partial charge in [0, 0.05) is 21.7 Å². The van der Waals surface area contributed by atoms with Crippen LogP contribution in [0.25, 0.3) is 0 Å². The molecule has 9 rings (SSSR count). The number of halogens is 2. The fourth-order valence-corrected chi connectivity index (χ4v) is 13.5. The molecule has 0 amide bonds. The second-order valence-corrected chi connectivity index (χ2v) is 19.7. The van der Waals surface area contributed by atoms with Gasteiger partial charge in [-0.05, 0) is 71.5 Å². The third-order valence-electron chi connectivity index (χ3n) is 9.13. The highest BCUT2D eigenvalue weighted by molar-refractivity contribution is 7.80. The van der Waals surface area contributed by atoms with Gasteiger partial charge in [0.25, 0.3) is 0 Å². The second kappa shape index (κ2) is 24.7. The first-order valence-corrected chi connectivity index (χ1v) is 24.5. The molecule has 0 saturated heterocycles. The van der Waals surface area contributed by atoms with E-state index in [1.807, 2.05) is 0 Å². The predicted molar refractivity (Wildman–Crippen MR) is 267 cm³/mol. The van der Waals surface area contributed by atoms with Crippen LogP contribution < -0.4 is 47.7 Å². The summed E-state index contributed by atoms with van der Waals surface area (Å²) in [5.41, 5.74) is 0. The predicted octanol–water partition coefficient (Wildman–Crippen LogP) is 11.7. The lowest BCUT2D eigenvalue weighted by Gasteiger charge is -2.18. The van der Waals surface area contributed by atoms with E-state index in [1.54, 1.807) is 0 Å². The topological polar surface area (TPSA) is 0 Å². The van der Waals surface area contributed by atoms with Gasteiger partial charge in [0.05, 0.1) is 0 Å². The van der Waals surface area contributed by atoms with Crippen molar-refractivity contribution in [2.45, 2.75) is 0 Å². The normalized spacial score (nSPS) is 10.3. The fourth-order valence-electron chi connectivity index (χ4n) is 6.54. The van der Waals surface area contributed by atoms with Gasteiger partial charge in [-0.15, -0.1) is 0 Å². The van der Waals surface area contributed by atoms with E-state index in [4.69, 9.17) is 0 Å². The van der Waals surface area contributed by atoms with Gasteiger partial charge in [0.15, 0.2) is 0 Å². The number of benzene rings is 9. The molecule has 0 atom stereocenters. The van der Waals surface area contributed by atoms with E-state index in [0.717, 1.165) is 0 Å². The molecule has 0 saturated carbocycles. The van der Waals surface area contributed by atoms with E-state index in [9.17, 15) is 0 Å². The summed E-state index contributed by atoms with van der Waals surface area (Å²) in [6, 6.07) is 97.0. The van der Waals surface area contributed by atoms with Gasteiger partial charge in [-0.3, -0.25) is 0 Å². The molecule has 0 aliphatic carbocycles. The Hall–Kier alpha value is -5.15. The van der Waals surface area contributed by atoms with Gasteiger partial charge in [0.2, 0.25) is 0 Å². The molecular formula is C54H45Cl2P3. The molecule has 0 bridgehead atoms. The zero-order valence-electron chi connectivity index (χ0n) is 32.6. The van der Waals surface area contributed by atoms with Gasteiger partial charge in [-0.25, -0.2) is 0 Å². The van der Waals surface area contributed by atoms with Crippen LogP contribution in [0.15, 0.2) is 273 Å². The van der Waals surface area contributed by atoms with Crippen LogP contribution in [-0.2, 0) is 0 Å². The molecule has 0 aliphatic rings. The molecule has 0 N–H and O–H groups in total. The third kappa shape index (κ3) is 12.9. The van der Waals surface area contributed by atoms with Crippen LogP contribution in [0.5, 0.6) is 0 Å². The summed E-state index contributed by atoms with van der Waals surface area (Å²) in [7, 11) is 6.88. The average molecular weight is 858 g/mol. The van der Waals surface area contributed by atoms with E-state index in [0.29, 0.717) is 0 Å². The molecule has 0 aliphatic heterocycles. The molecule has 0 spiro atoms. The molecule has 5 heteroatoms. The third-order valence-corrected chi connectivity index (χ3v) is 16.5. The minimum Gasteiger partial charge on any atom is -0.0622 e. The molecular weight excluding hydrogens is 812 g/mol. The zero-order valence-corrected chi connectivity index (χ0v) is 36.8. The molecule has 0 nitrogen and oxygen atoms in total. The second-order valence-electron chi connectivity index (χ2n) is 13.0. The lowest BCUT2D eigenvalue weighted by molar-refractivity contribution is 1.74. The van der Waals surface area contributed by atoms with Gasteiger partial charge in [-0.1, -0.05) is 273 Å². The maximum absolute atomic E-state index is 4.11. The monoisotopic (exact) mass is 856 g/mol. The maximum atomic E-state index is 4.11. The SMILES string of the molecule is ClCl.c1ccc(P(c2ccccc2)c2ccccc2)cc1.c1ccc(P(c2ccccc2)c2ccccc2)cc1.c1ccc(P(c2ccccc2)c2ccccc2)cc1. The first kappa shape index (κ1) is 43.4. The maximum Gasteiger partial charge on any atom is 0 e. The summed E-state index contributed by atoms with van der Waals surface area (Å²) >= 11 is 0. The Bertz CT molecular complexity index is 1870. The number of hydrogen-bond acceptors (Lipinski definition) is 0. The molecule has 0 aromatic heterocycles. The van der Waals surface area contributed by atoms with Crippen molar-refractivity contribution in [2.24, 2.45) is 0 Å². The summed E-state index contributed by atoms with van der Waals surface area (Å²) in [5, 5.41) is 12.6. The van der Waals surface area contributed by atoms with Crippen molar-refractivity contribution >= 4 is 93.2 Å². The Morgan fingerprint density at radius 3 is 0.322 bits per heavy atom. The van der Waals surface area contributed by atoms with Crippen LogP contribution >= 0.6 is 45.5 Å². The smallest absolute Gasteiger partial charge is 0 e. The van der Waals surface area contributed by atoms with Gasteiger partial charge < -0.3 is 0 Å². The van der Waals surface area contributed by atoms with Crippen LogP contribution in [-0.4, -0.2) is 0 Å². The van der Waals surface area contributed by atoms with Crippen LogP contribution in [0.2, 0.25) is 0 Å². The van der Waals surface area contributed by atoms with E-state index < -0.39 is 23.8 Å². The Morgan fingerprint density at radius 2 is 0.237 bits per heavy atom. The number of rotatable bonds is 9. The van der Waals surface area contributed by atoms with Crippen molar-refractivity contribution in [3.63, 3.8) is 0 Å². The lowest BCUT2D eigenvalue weighted by Crippen LogP contribution is -2.20. The van der Waals surface area contributed by atoms with E-state index >= 15 is 0 Å². The molecule has 9 aromatic rings. The van der Waals surface area contributed by atoms with Crippen LogP contribution in [0, 0.1) is 0 Å². The Balaban J connectivity index is 0.000000146. The van der Waals surface area contributed by atoms with Crippen molar-refractivity contribution < 1.29 is 0 Å². The summed E-state index contributed by atoms with van der Waals surface area (Å²) in [6.45, 7) is 0. The molecule has 290 valence electrons. The van der Waals surface area contributed by atoms with E-state index in [1.165, 1.54) is 47.7 Å². The summed E-state index contributed by atoms with van der Waals surface area (Å²) in [6.07, 6.45) is 0. The lowest BCUT2D eigenvalue weighted by atomic mass is 10.4.